The van der Waals surface area contributed by atoms with Crippen molar-refractivity contribution in [2.45, 2.75) is 374 Å². The molecule has 0 aromatic rings. The molecule has 1 unspecified atom stereocenters. The Morgan fingerprint density at radius 1 is 0.232 bits per heavy atom. The summed E-state index contributed by atoms with van der Waals surface area (Å²) in [7, 11) is 0. The van der Waals surface area contributed by atoms with E-state index >= 15 is 0 Å². The minimum Gasteiger partial charge on any atom is -0.462 e. The van der Waals surface area contributed by atoms with Gasteiger partial charge in [0.05, 0.1) is 0 Å². The van der Waals surface area contributed by atoms with Gasteiger partial charge in [-0.05, 0) is 19.3 Å². The molecule has 0 aliphatic carbocycles. The molecule has 0 radical (unpaired) electrons. The fourth-order valence-corrected chi connectivity index (χ4v) is 9.86. The molecule has 6 heteroatoms. The first-order valence-electron chi connectivity index (χ1n) is 31.5. The van der Waals surface area contributed by atoms with Gasteiger partial charge in [0.25, 0.3) is 0 Å². The topological polar surface area (TPSA) is 78.9 Å². The Kier molecular flexibility index (Phi) is 57.6. The van der Waals surface area contributed by atoms with E-state index in [2.05, 4.69) is 20.8 Å². The third-order valence-electron chi connectivity index (χ3n) is 14.6. The van der Waals surface area contributed by atoms with E-state index in [1.54, 1.807) is 0 Å². The highest BCUT2D eigenvalue weighted by Gasteiger charge is 2.19. The van der Waals surface area contributed by atoms with Crippen molar-refractivity contribution in [1.82, 2.24) is 0 Å². The zero-order valence-electron chi connectivity index (χ0n) is 47.1. The van der Waals surface area contributed by atoms with Crippen LogP contribution >= 0.6 is 0 Å². The van der Waals surface area contributed by atoms with E-state index < -0.39 is 6.10 Å². The average molecular weight is 976 g/mol. The highest BCUT2D eigenvalue weighted by Crippen LogP contribution is 2.19. The van der Waals surface area contributed by atoms with Gasteiger partial charge < -0.3 is 14.2 Å². The predicted molar refractivity (Wildman–Crippen MR) is 298 cm³/mol. The van der Waals surface area contributed by atoms with E-state index in [4.69, 9.17) is 14.2 Å². The summed E-state index contributed by atoms with van der Waals surface area (Å²) in [5, 5.41) is 0. The number of carbonyl (C=O) groups excluding carboxylic acids is 3. The fourth-order valence-electron chi connectivity index (χ4n) is 9.86. The van der Waals surface area contributed by atoms with Crippen LogP contribution < -0.4 is 0 Å². The lowest BCUT2D eigenvalue weighted by atomic mass is 10.0. The van der Waals surface area contributed by atoms with Crippen LogP contribution in [0.5, 0.6) is 0 Å². The molecular formula is C63H122O6. The molecule has 0 amide bonds. The number of carbonyl (C=O) groups is 3. The van der Waals surface area contributed by atoms with Crippen LogP contribution in [0.15, 0.2) is 0 Å². The summed E-state index contributed by atoms with van der Waals surface area (Å²) in [6, 6.07) is 0. The van der Waals surface area contributed by atoms with Crippen LogP contribution in [0.3, 0.4) is 0 Å². The van der Waals surface area contributed by atoms with Gasteiger partial charge in [0.2, 0.25) is 0 Å². The van der Waals surface area contributed by atoms with Crippen molar-refractivity contribution in [3.05, 3.63) is 0 Å². The molecule has 0 aromatic heterocycles. The highest BCUT2D eigenvalue weighted by atomic mass is 16.6. The molecule has 0 fully saturated rings. The van der Waals surface area contributed by atoms with Crippen molar-refractivity contribution in [3.8, 4) is 0 Å². The van der Waals surface area contributed by atoms with E-state index in [9.17, 15) is 14.4 Å². The smallest absolute Gasteiger partial charge is 0.306 e. The minimum absolute atomic E-state index is 0.0621. The third-order valence-corrected chi connectivity index (χ3v) is 14.6. The van der Waals surface area contributed by atoms with Crippen molar-refractivity contribution in [2.24, 2.45) is 0 Å². The van der Waals surface area contributed by atoms with Crippen LogP contribution in [-0.2, 0) is 28.6 Å². The van der Waals surface area contributed by atoms with E-state index in [1.165, 1.54) is 270 Å². The molecule has 0 aliphatic heterocycles. The molecular weight excluding hydrogens is 853 g/mol. The predicted octanol–water partition coefficient (Wildman–Crippen LogP) is 21.1. The van der Waals surface area contributed by atoms with Crippen molar-refractivity contribution in [1.29, 1.82) is 0 Å². The second-order valence-corrected chi connectivity index (χ2v) is 21.7. The van der Waals surface area contributed by atoms with Gasteiger partial charge in [0, 0.05) is 19.3 Å². The second kappa shape index (κ2) is 59.0. The number of rotatable bonds is 59. The van der Waals surface area contributed by atoms with Gasteiger partial charge in [-0.1, -0.05) is 329 Å². The first-order valence-corrected chi connectivity index (χ1v) is 31.5. The zero-order valence-corrected chi connectivity index (χ0v) is 47.1. The highest BCUT2D eigenvalue weighted by molar-refractivity contribution is 5.71. The number of esters is 3. The summed E-state index contributed by atoms with van der Waals surface area (Å²) in [5.74, 6) is -0.845. The number of hydrogen-bond donors (Lipinski definition) is 0. The van der Waals surface area contributed by atoms with Crippen LogP contribution in [0.25, 0.3) is 0 Å². The number of ether oxygens (including phenoxy) is 3. The summed E-state index contributed by atoms with van der Waals surface area (Å²) in [5.41, 5.74) is 0. The van der Waals surface area contributed by atoms with Crippen molar-refractivity contribution in [3.63, 3.8) is 0 Å². The largest absolute Gasteiger partial charge is 0.462 e. The lowest BCUT2D eigenvalue weighted by molar-refractivity contribution is -0.167. The van der Waals surface area contributed by atoms with Gasteiger partial charge in [-0.2, -0.15) is 0 Å². The Bertz CT molecular complexity index is 1030. The Labute approximate surface area is 431 Å². The van der Waals surface area contributed by atoms with Crippen LogP contribution in [0, 0.1) is 0 Å². The Morgan fingerprint density at radius 3 is 0.580 bits per heavy atom. The molecule has 0 N–H and O–H groups in total. The molecule has 0 aliphatic rings. The fraction of sp³-hybridized carbons (Fsp3) is 0.952. The SMILES string of the molecule is CCCCCCCCCCCCCCCCCCCCCCCCCCCCCCCCCCC(=O)OCC(COC(=O)CCCCCCCCC)OC(=O)CCCCCCCCCCCCCC. The standard InChI is InChI=1S/C63H122O6/c1-4-7-10-13-16-18-20-22-23-24-25-26-27-28-29-30-31-32-33-34-35-36-37-38-39-40-41-43-44-47-50-53-56-62(65)68-59-60(58-67-61(64)55-52-49-46-15-12-9-6-3)69-63(66)57-54-51-48-45-42-21-19-17-14-11-8-5-2/h60H,4-59H2,1-3H3. The average Bonchev–Trinajstić information content (AvgIpc) is 3.35. The Morgan fingerprint density at radius 2 is 0.391 bits per heavy atom. The number of unbranched alkanes of at least 4 members (excludes halogenated alkanes) is 48. The van der Waals surface area contributed by atoms with Gasteiger partial charge in [0.15, 0.2) is 6.10 Å². The van der Waals surface area contributed by atoms with Gasteiger partial charge >= 0.3 is 17.9 Å². The van der Waals surface area contributed by atoms with Gasteiger partial charge in [-0.15, -0.1) is 0 Å². The molecule has 1 atom stereocenters. The van der Waals surface area contributed by atoms with Crippen molar-refractivity contribution < 1.29 is 28.6 Å². The molecule has 0 aromatic carbocycles. The summed E-state index contributed by atoms with van der Waals surface area (Å²) in [6.07, 6.45) is 67.4. The summed E-state index contributed by atoms with van der Waals surface area (Å²) in [4.78, 5) is 37.9. The van der Waals surface area contributed by atoms with E-state index in [1.807, 2.05) is 0 Å². The van der Waals surface area contributed by atoms with Gasteiger partial charge in [-0.3, -0.25) is 14.4 Å². The van der Waals surface area contributed by atoms with Crippen molar-refractivity contribution >= 4 is 17.9 Å². The molecule has 6 nitrogen and oxygen atoms in total. The molecule has 0 bridgehead atoms. The second-order valence-electron chi connectivity index (χ2n) is 21.7. The van der Waals surface area contributed by atoms with Crippen LogP contribution in [-0.4, -0.2) is 37.2 Å². The Balaban J connectivity index is 3.87. The van der Waals surface area contributed by atoms with Crippen LogP contribution in [0.1, 0.15) is 367 Å². The zero-order chi connectivity index (χ0) is 50.0. The van der Waals surface area contributed by atoms with Crippen molar-refractivity contribution in [2.75, 3.05) is 13.2 Å². The molecule has 0 saturated heterocycles. The van der Waals surface area contributed by atoms with Gasteiger partial charge in [0.1, 0.15) is 13.2 Å². The number of hydrogen-bond acceptors (Lipinski definition) is 6. The first-order chi connectivity index (χ1) is 34.0. The summed E-state index contributed by atoms with van der Waals surface area (Å²) in [6.45, 7) is 6.65. The molecule has 410 valence electrons. The Hall–Kier alpha value is -1.59. The third kappa shape index (κ3) is 57.2. The van der Waals surface area contributed by atoms with Gasteiger partial charge in [-0.25, -0.2) is 0 Å². The summed E-state index contributed by atoms with van der Waals surface area (Å²) < 4.78 is 16.8. The lowest BCUT2D eigenvalue weighted by Crippen LogP contribution is -2.30. The first kappa shape index (κ1) is 67.4. The van der Waals surface area contributed by atoms with E-state index in [0.29, 0.717) is 19.3 Å². The normalized spacial score (nSPS) is 11.9. The van der Waals surface area contributed by atoms with E-state index in [-0.39, 0.29) is 31.1 Å². The van der Waals surface area contributed by atoms with Crippen LogP contribution in [0.2, 0.25) is 0 Å². The molecule has 0 saturated carbocycles. The quantitative estimate of drug-likeness (QED) is 0.0343. The van der Waals surface area contributed by atoms with Crippen LogP contribution in [0.4, 0.5) is 0 Å². The summed E-state index contributed by atoms with van der Waals surface area (Å²) >= 11 is 0. The molecule has 0 heterocycles. The minimum atomic E-state index is -0.759. The monoisotopic (exact) mass is 975 g/mol. The van der Waals surface area contributed by atoms with E-state index in [0.717, 1.165) is 57.8 Å². The molecule has 0 rings (SSSR count). The maximum absolute atomic E-state index is 12.8. The maximum atomic E-state index is 12.8. The lowest BCUT2D eigenvalue weighted by Gasteiger charge is -2.18. The molecule has 69 heavy (non-hydrogen) atoms. The molecule has 0 spiro atoms. The maximum Gasteiger partial charge on any atom is 0.306 e.